The maximum absolute atomic E-state index is 12.6. The van der Waals surface area contributed by atoms with Gasteiger partial charge in [-0.15, -0.1) is 0 Å². The first-order chi connectivity index (χ1) is 16.9. The van der Waals surface area contributed by atoms with Crippen molar-refractivity contribution in [2.45, 2.75) is 51.5 Å². The van der Waals surface area contributed by atoms with Gasteiger partial charge in [0.2, 0.25) is 11.8 Å². The maximum atomic E-state index is 12.6. The standard InChI is InChI=1S/C26H35Cl2N3O4/c1-2-35-26(34)20-6-8-21(9-7-20)29-13-3-14-30-16-17-31(15-12-25(30)33)24(32)11-5-19-4-10-22(27)23(28)18-19/h4-5,10-11,18,20-21,29H,2-3,6-9,12-17H2,1H3/b11-5+. The molecule has 7 nitrogen and oxygen atoms in total. The molecule has 1 saturated carbocycles. The summed E-state index contributed by atoms with van der Waals surface area (Å²) in [7, 11) is 0. The Hall–Kier alpha value is -2.09. The first-order valence-electron chi connectivity index (χ1n) is 12.5. The highest BCUT2D eigenvalue weighted by molar-refractivity contribution is 6.42. The number of amides is 2. The van der Waals surface area contributed by atoms with Gasteiger partial charge in [0.05, 0.1) is 22.6 Å². The van der Waals surface area contributed by atoms with Gasteiger partial charge in [0, 0.05) is 44.7 Å². The first-order valence-corrected chi connectivity index (χ1v) is 13.2. The number of esters is 1. The Bertz CT molecular complexity index is 916. The average Bonchev–Trinajstić information content (AvgIpc) is 3.04. The molecule has 0 atom stereocenters. The second kappa shape index (κ2) is 13.9. The number of ether oxygens (including phenoxy) is 1. The summed E-state index contributed by atoms with van der Waals surface area (Å²) in [4.78, 5) is 40.6. The van der Waals surface area contributed by atoms with E-state index in [1.165, 1.54) is 6.08 Å². The van der Waals surface area contributed by atoms with Crippen LogP contribution < -0.4 is 5.32 Å². The molecule has 1 aliphatic heterocycles. The lowest BCUT2D eigenvalue weighted by atomic mass is 9.86. The topological polar surface area (TPSA) is 79.0 Å². The zero-order chi connectivity index (χ0) is 25.2. The number of benzene rings is 1. The minimum absolute atomic E-state index is 0.0345. The van der Waals surface area contributed by atoms with Gasteiger partial charge in [-0.05, 0) is 69.3 Å². The number of carbonyl (C=O) groups is 3. The summed E-state index contributed by atoms with van der Waals surface area (Å²) < 4.78 is 5.13. The summed E-state index contributed by atoms with van der Waals surface area (Å²) in [6, 6.07) is 5.61. The summed E-state index contributed by atoms with van der Waals surface area (Å²) >= 11 is 12.0. The van der Waals surface area contributed by atoms with E-state index in [1.54, 1.807) is 29.2 Å². The molecule has 1 aromatic rings. The van der Waals surface area contributed by atoms with Crippen molar-refractivity contribution >= 4 is 47.1 Å². The van der Waals surface area contributed by atoms with Crippen LogP contribution in [-0.2, 0) is 19.1 Å². The molecule has 0 bridgehead atoms. The van der Waals surface area contributed by atoms with Crippen LogP contribution in [-0.4, -0.2) is 73.0 Å². The lowest BCUT2D eigenvalue weighted by Crippen LogP contribution is -2.38. The van der Waals surface area contributed by atoms with E-state index in [1.807, 2.05) is 11.8 Å². The highest BCUT2D eigenvalue weighted by atomic mass is 35.5. The Labute approximate surface area is 217 Å². The van der Waals surface area contributed by atoms with Gasteiger partial charge in [0.15, 0.2) is 0 Å². The van der Waals surface area contributed by atoms with Gasteiger partial charge in [-0.25, -0.2) is 0 Å². The molecule has 35 heavy (non-hydrogen) atoms. The molecule has 0 spiro atoms. The quantitative estimate of drug-likeness (QED) is 0.298. The number of hydrogen-bond donors (Lipinski definition) is 1. The number of nitrogens with one attached hydrogen (secondary N) is 1. The van der Waals surface area contributed by atoms with Crippen molar-refractivity contribution in [2.75, 3.05) is 39.3 Å². The minimum atomic E-state index is -0.120. The van der Waals surface area contributed by atoms with Gasteiger partial charge in [-0.3, -0.25) is 14.4 Å². The van der Waals surface area contributed by atoms with E-state index >= 15 is 0 Å². The lowest BCUT2D eigenvalue weighted by molar-refractivity contribution is -0.149. The van der Waals surface area contributed by atoms with Crippen molar-refractivity contribution in [3.8, 4) is 0 Å². The minimum Gasteiger partial charge on any atom is -0.466 e. The Morgan fingerprint density at radius 2 is 1.89 bits per heavy atom. The van der Waals surface area contributed by atoms with Crippen LogP contribution in [0.4, 0.5) is 0 Å². The molecule has 9 heteroatoms. The smallest absolute Gasteiger partial charge is 0.308 e. The number of carbonyl (C=O) groups excluding carboxylic acids is 3. The zero-order valence-electron chi connectivity index (χ0n) is 20.3. The van der Waals surface area contributed by atoms with Crippen molar-refractivity contribution < 1.29 is 19.1 Å². The number of halogens is 2. The monoisotopic (exact) mass is 523 g/mol. The molecule has 0 aromatic heterocycles. The van der Waals surface area contributed by atoms with Gasteiger partial charge < -0.3 is 19.9 Å². The molecule has 2 aliphatic rings. The molecule has 0 unspecified atom stereocenters. The summed E-state index contributed by atoms with van der Waals surface area (Å²) in [6.45, 7) is 5.25. The van der Waals surface area contributed by atoms with Gasteiger partial charge in [0.25, 0.3) is 0 Å². The Kier molecular flexibility index (Phi) is 10.9. The molecular formula is C26H35Cl2N3O4. The summed E-state index contributed by atoms with van der Waals surface area (Å²) in [5, 5.41) is 4.48. The van der Waals surface area contributed by atoms with Gasteiger partial charge >= 0.3 is 5.97 Å². The van der Waals surface area contributed by atoms with Crippen LogP contribution in [0.25, 0.3) is 6.08 Å². The van der Waals surface area contributed by atoms with Crippen LogP contribution in [0.15, 0.2) is 24.3 Å². The van der Waals surface area contributed by atoms with Crippen molar-refractivity contribution in [2.24, 2.45) is 5.92 Å². The van der Waals surface area contributed by atoms with Crippen molar-refractivity contribution in [3.63, 3.8) is 0 Å². The van der Waals surface area contributed by atoms with E-state index < -0.39 is 0 Å². The highest BCUT2D eigenvalue weighted by Gasteiger charge is 2.27. The molecule has 192 valence electrons. The Morgan fingerprint density at radius 3 is 2.60 bits per heavy atom. The van der Waals surface area contributed by atoms with E-state index in [0.717, 1.165) is 44.2 Å². The molecule has 2 fully saturated rings. The van der Waals surface area contributed by atoms with Crippen LogP contribution in [0.5, 0.6) is 0 Å². The number of hydrogen-bond acceptors (Lipinski definition) is 5. The second-order valence-corrected chi connectivity index (χ2v) is 9.89. The normalized spacial score (nSPS) is 21.3. The molecular weight excluding hydrogens is 489 g/mol. The number of nitrogens with zero attached hydrogens (tertiary/aromatic N) is 2. The summed E-state index contributed by atoms with van der Waals surface area (Å²) in [5.74, 6) is -0.0650. The molecule has 0 radical (unpaired) electrons. The predicted octanol–water partition coefficient (Wildman–Crippen LogP) is 4.17. The van der Waals surface area contributed by atoms with E-state index in [-0.39, 0.29) is 23.7 Å². The maximum Gasteiger partial charge on any atom is 0.308 e. The van der Waals surface area contributed by atoms with E-state index in [2.05, 4.69) is 5.32 Å². The van der Waals surface area contributed by atoms with E-state index in [4.69, 9.17) is 27.9 Å². The van der Waals surface area contributed by atoms with Crippen LogP contribution >= 0.6 is 23.2 Å². The summed E-state index contributed by atoms with van der Waals surface area (Å²) in [6.07, 6.45) is 8.08. The second-order valence-electron chi connectivity index (χ2n) is 9.07. The van der Waals surface area contributed by atoms with Crippen LogP contribution in [0.1, 0.15) is 51.0 Å². The van der Waals surface area contributed by atoms with E-state index in [9.17, 15) is 14.4 Å². The van der Waals surface area contributed by atoms with Gasteiger partial charge in [-0.2, -0.15) is 0 Å². The van der Waals surface area contributed by atoms with Crippen molar-refractivity contribution in [1.29, 1.82) is 0 Å². The molecule has 1 saturated heterocycles. The fourth-order valence-corrected chi connectivity index (χ4v) is 4.89. The first kappa shape index (κ1) is 27.5. The van der Waals surface area contributed by atoms with E-state index in [0.29, 0.717) is 55.3 Å². The van der Waals surface area contributed by atoms with Crippen LogP contribution in [0.3, 0.4) is 0 Å². The van der Waals surface area contributed by atoms with Crippen LogP contribution in [0.2, 0.25) is 10.0 Å². The van der Waals surface area contributed by atoms with Gasteiger partial charge in [0.1, 0.15) is 0 Å². The van der Waals surface area contributed by atoms with Crippen molar-refractivity contribution in [1.82, 2.24) is 15.1 Å². The Morgan fingerprint density at radius 1 is 1.11 bits per heavy atom. The Balaban J connectivity index is 1.36. The zero-order valence-corrected chi connectivity index (χ0v) is 21.8. The predicted molar refractivity (Wildman–Crippen MR) is 138 cm³/mol. The summed E-state index contributed by atoms with van der Waals surface area (Å²) in [5.41, 5.74) is 0.794. The fraction of sp³-hybridized carbons (Fsp3) is 0.577. The van der Waals surface area contributed by atoms with Crippen LogP contribution in [0, 0.1) is 5.92 Å². The molecule has 1 heterocycles. The lowest BCUT2D eigenvalue weighted by Gasteiger charge is -2.28. The van der Waals surface area contributed by atoms with Crippen molar-refractivity contribution in [3.05, 3.63) is 39.9 Å². The highest BCUT2D eigenvalue weighted by Crippen LogP contribution is 2.25. The molecule has 1 aromatic carbocycles. The average molecular weight is 524 g/mol. The molecule has 2 amide bonds. The molecule has 1 N–H and O–H groups in total. The third-order valence-corrected chi connectivity index (χ3v) is 7.39. The largest absolute Gasteiger partial charge is 0.466 e. The molecule has 1 aliphatic carbocycles. The molecule has 3 rings (SSSR count). The third-order valence-electron chi connectivity index (χ3n) is 6.65. The number of rotatable bonds is 9. The fourth-order valence-electron chi connectivity index (χ4n) is 4.58. The third kappa shape index (κ3) is 8.51. The van der Waals surface area contributed by atoms with Gasteiger partial charge in [-0.1, -0.05) is 29.3 Å². The SMILES string of the molecule is CCOC(=O)C1CCC(NCCCN2CCN(C(=O)/C=C/c3ccc(Cl)c(Cl)c3)CCC2=O)CC1.